The lowest BCUT2D eigenvalue weighted by molar-refractivity contribution is 0.0973. The Morgan fingerprint density at radius 1 is 1.15 bits per heavy atom. The number of rotatable bonds is 6. The highest BCUT2D eigenvalue weighted by Gasteiger charge is 2.29. The van der Waals surface area contributed by atoms with Gasteiger partial charge in [-0.15, -0.1) is 0 Å². The van der Waals surface area contributed by atoms with Crippen molar-refractivity contribution in [1.29, 1.82) is 0 Å². The molecule has 3 aromatic rings. The fraction of sp³-hybridized carbons (Fsp3) is 0.304. The fourth-order valence-corrected chi connectivity index (χ4v) is 4.86. The van der Waals surface area contributed by atoms with Crippen molar-refractivity contribution >= 4 is 45.4 Å². The minimum atomic E-state index is -2.53. The van der Waals surface area contributed by atoms with E-state index >= 15 is 0 Å². The number of carbonyl (C=O) groups is 2. The lowest BCUT2D eigenvalue weighted by Gasteiger charge is -2.40. The summed E-state index contributed by atoms with van der Waals surface area (Å²) in [5.41, 5.74) is 1.06. The van der Waals surface area contributed by atoms with Crippen molar-refractivity contribution in [3.8, 4) is 0 Å². The molecule has 1 aliphatic rings. The number of nitrogens with one attached hydrogen (secondary N) is 1. The largest absolute Gasteiger partial charge is 0.755 e. The average Bonchev–Trinajstić information content (AvgIpc) is 3.35. The molecule has 0 saturated carbocycles. The van der Waals surface area contributed by atoms with Gasteiger partial charge in [-0.25, -0.2) is 4.79 Å². The third kappa shape index (κ3) is 4.86. The molecule has 2 aromatic carbocycles. The number of benzene rings is 2. The Kier molecular flexibility index (Phi) is 6.95. The number of hydrogen-bond acceptors (Lipinski definition) is 6. The van der Waals surface area contributed by atoms with E-state index in [9.17, 15) is 18.4 Å². The van der Waals surface area contributed by atoms with Gasteiger partial charge in [0.25, 0.3) is 5.91 Å². The second kappa shape index (κ2) is 10.1. The van der Waals surface area contributed by atoms with Crippen molar-refractivity contribution < 1.29 is 27.5 Å². The quantitative estimate of drug-likeness (QED) is 0.546. The third-order valence-electron chi connectivity index (χ3n) is 5.61. The summed E-state index contributed by atoms with van der Waals surface area (Å²) in [6, 6.07) is 13.6. The molecule has 0 radical (unpaired) electrons. The molecule has 1 saturated heterocycles. The van der Waals surface area contributed by atoms with E-state index < -0.39 is 17.2 Å². The molecular weight excluding hydrogens is 446 g/mol. The van der Waals surface area contributed by atoms with Gasteiger partial charge in [0.05, 0.1) is 18.6 Å². The first-order valence-electron chi connectivity index (χ1n) is 10.7. The van der Waals surface area contributed by atoms with Crippen LogP contribution in [0.15, 0.2) is 59.2 Å². The maximum atomic E-state index is 12.5. The molecule has 0 aliphatic carbocycles. The van der Waals surface area contributed by atoms with Gasteiger partial charge >= 0.3 is 6.09 Å². The van der Waals surface area contributed by atoms with Crippen LogP contribution >= 0.6 is 0 Å². The Balaban J connectivity index is 1.61. The van der Waals surface area contributed by atoms with Crippen LogP contribution in [-0.2, 0) is 16.0 Å². The van der Waals surface area contributed by atoms with E-state index in [4.69, 9.17) is 9.15 Å². The lowest BCUT2D eigenvalue weighted by Crippen LogP contribution is -2.47. The maximum absolute atomic E-state index is 12.5. The highest BCUT2D eigenvalue weighted by atomic mass is 32.2. The second-order valence-electron chi connectivity index (χ2n) is 7.57. The summed E-state index contributed by atoms with van der Waals surface area (Å²) >= 11 is -2.53. The zero-order chi connectivity index (χ0) is 23.4. The van der Waals surface area contributed by atoms with Crippen LogP contribution in [0.4, 0.5) is 16.2 Å². The SMILES string of the molecule is CCOC(=O)N1CCC(N(c2cccc3c(NC(=O)c4ccco4)cccc23)S(=O)[O-])CC1. The van der Waals surface area contributed by atoms with Crippen LogP contribution in [0, 0.1) is 0 Å². The van der Waals surface area contributed by atoms with Crippen LogP contribution in [0.25, 0.3) is 10.8 Å². The molecule has 4 rings (SSSR count). The van der Waals surface area contributed by atoms with E-state index in [2.05, 4.69) is 5.32 Å². The van der Waals surface area contributed by atoms with Crippen LogP contribution in [0.1, 0.15) is 30.3 Å². The molecule has 0 bridgehead atoms. The summed E-state index contributed by atoms with van der Waals surface area (Å²) in [7, 11) is 0. The Hall–Kier alpha value is -3.37. The van der Waals surface area contributed by atoms with Gasteiger partial charge in [0.2, 0.25) is 0 Å². The molecule has 1 atom stereocenters. The Labute approximate surface area is 193 Å². The topological polar surface area (TPSA) is 115 Å². The minimum Gasteiger partial charge on any atom is -0.755 e. The summed E-state index contributed by atoms with van der Waals surface area (Å²) in [5, 5.41) is 4.22. The molecule has 2 amide bonds. The minimum absolute atomic E-state index is 0.179. The van der Waals surface area contributed by atoms with Crippen LogP contribution in [0.2, 0.25) is 0 Å². The number of likely N-dealkylation sites (tertiary alicyclic amines) is 1. The highest BCUT2D eigenvalue weighted by molar-refractivity contribution is 7.80. The number of fused-ring (bicyclic) bond motifs is 1. The summed E-state index contributed by atoms with van der Waals surface area (Å²) in [5.74, 6) is -0.215. The fourth-order valence-electron chi connectivity index (χ4n) is 4.08. The molecule has 0 spiro atoms. The van der Waals surface area contributed by atoms with Gasteiger partial charge in [-0.2, -0.15) is 0 Å². The number of anilines is 2. The van der Waals surface area contributed by atoms with Gasteiger partial charge in [0.1, 0.15) is 0 Å². The van der Waals surface area contributed by atoms with Crippen molar-refractivity contribution in [2.45, 2.75) is 25.8 Å². The molecular formula is C23H24N3O6S-. The summed E-state index contributed by atoms with van der Waals surface area (Å²) < 4.78 is 36.2. The number of nitrogens with zero attached hydrogens (tertiary/aromatic N) is 2. The number of furan rings is 1. The molecule has 1 aromatic heterocycles. The van der Waals surface area contributed by atoms with Crippen molar-refractivity contribution in [3.05, 3.63) is 60.6 Å². The highest BCUT2D eigenvalue weighted by Crippen LogP contribution is 2.35. The molecule has 1 aliphatic heterocycles. The first-order chi connectivity index (χ1) is 16.0. The Morgan fingerprint density at radius 3 is 2.55 bits per heavy atom. The van der Waals surface area contributed by atoms with Gasteiger partial charge in [-0.05, 0) is 44.0 Å². The number of hydrogen-bond donors (Lipinski definition) is 1. The summed E-state index contributed by atoms with van der Waals surface area (Å²) in [6.45, 7) is 2.86. The van der Waals surface area contributed by atoms with E-state index in [0.29, 0.717) is 54.7 Å². The first kappa shape index (κ1) is 22.8. The number of carbonyl (C=O) groups excluding carboxylic acids is 2. The lowest BCUT2D eigenvalue weighted by atomic mass is 10.0. The standard InChI is InChI=1S/C23H25N3O6S/c1-2-31-23(28)25-13-11-16(12-14-25)26(33(29)30)20-9-4-6-17-18(20)7-3-8-19(17)24-22(27)21-10-5-15-32-21/h3-10,15-16H,2,11-14H2,1H3,(H,24,27)(H,29,30)/p-1. The smallest absolute Gasteiger partial charge is 0.409 e. The van der Waals surface area contributed by atoms with Crippen LogP contribution in [-0.4, -0.2) is 51.4 Å². The van der Waals surface area contributed by atoms with Crippen molar-refractivity contribution in [3.63, 3.8) is 0 Å². The van der Waals surface area contributed by atoms with E-state index in [1.165, 1.54) is 10.6 Å². The molecule has 9 nitrogen and oxygen atoms in total. The number of amides is 2. The van der Waals surface area contributed by atoms with Gasteiger partial charge in [0, 0.05) is 46.9 Å². The number of piperidine rings is 1. The van der Waals surface area contributed by atoms with Crippen LogP contribution in [0.3, 0.4) is 0 Å². The molecule has 1 fully saturated rings. The van der Waals surface area contributed by atoms with Crippen LogP contribution < -0.4 is 9.62 Å². The molecule has 1 N–H and O–H groups in total. The molecule has 10 heteroatoms. The molecule has 1 unspecified atom stereocenters. The Morgan fingerprint density at radius 2 is 1.88 bits per heavy atom. The zero-order valence-corrected chi connectivity index (χ0v) is 18.9. The second-order valence-corrected chi connectivity index (χ2v) is 8.40. The van der Waals surface area contributed by atoms with E-state index in [1.54, 1.807) is 48.2 Å². The zero-order valence-electron chi connectivity index (χ0n) is 18.1. The van der Waals surface area contributed by atoms with Gasteiger partial charge in [0.15, 0.2) is 5.76 Å². The first-order valence-corrected chi connectivity index (χ1v) is 11.7. The average molecular weight is 471 g/mol. The van der Waals surface area contributed by atoms with Crippen molar-refractivity contribution in [2.24, 2.45) is 0 Å². The summed E-state index contributed by atoms with van der Waals surface area (Å²) in [4.78, 5) is 26.1. The van der Waals surface area contributed by atoms with Gasteiger partial charge in [-0.1, -0.05) is 24.3 Å². The van der Waals surface area contributed by atoms with Crippen molar-refractivity contribution in [2.75, 3.05) is 29.3 Å². The Bertz CT molecular complexity index is 1160. The van der Waals surface area contributed by atoms with E-state index in [0.717, 1.165) is 0 Å². The van der Waals surface area contributed by atoms with Gasteiger partial charge in [-0.3, -0.25) is 13.3 Å². The van der Waals surface area contributed by atoms with Crippen LogP contribution in [0.5, 0.6) is 0 Å². The van der Waals surface area contributed by atoms with Gasteiger partial charge < -0.3 is 23.9 Å². The normalized spacial score (nSPS) is 15.3. The number of ether oxygens (including phenoxy) is 1. The molecule has 33 heavy (non-hydrogen) atoms. The van der Waals surface area contributed by atoms with E-state index in [1.807, 2.05) is 12.1 Å². The predicted octanol–water partition coefficient (Wildman–Crippen LogP) is 3.91. The molecule has 174 valence electrons. The predicted molar refractivity (Wildman–Crippen MR) is 124 cm³/mol. The third-order valence-corrected chi connectivity index (χ3v) is 6.43. The monoisotopic (exact) mass is 470 g/mol. The summed E-state index contributed by atoms with van der Waals surface area (Å²) in [6.07, 6.45) is 2.01. The molecule has 2 heterocycles. The van der Waals surface area contributed by atoms with Crippen molar-refractivity contribution in [1.82, 2.24) is 4.90 Å². The van der Waals surface area contributed by atoms with E-state index in [-0.39, 0.29) is 17.9 Å². The maximum Gasteiger partial charge on any atom is 0.409 e.